The first-order valence-corrected chi connectivity index (χ1v) is 12.6. The maximum absolute atomic E-state index is 2.42. The molecular formula is C24H37Cl3SiTi. The maximum atomic E-state index is 2.42. The van der Waals surface area contributed by atoms with Crippen molar-refractivity contribution in [2.24, 2.45) is 5.92 Å². The van der Waals surface area contributed by atoms with Gasteiger partial charge < -0.3 is 37.2 Å². The zero-order chi connectivity index (χ0) is 19.6. The number of benzene rings is 1. The smallest absolute Gasteiger partial charge is 1.00 e. The first-order chi connectivity index (χ1) is 12.2. The van der Waals surface area contributed by atoms with Gasteiger partial charge in [-0.25, -0.2) is 0 Å². The zero-order valence-electron chi connectivity index (χ0n) is 19.5. The molecule has 0 bridgehead atoms. The van der Waals surface area contributed by atoms with E-state index >= 15 is 0 Å². The summed E-state index contributed by atoms with van der Waals surface area (Å²) in [7, 11) is -0.385. The van der Waals surface area contributed by atoms with Crippen LogP contribution in [0.15, 0.2) is 20.2 Å². The SMILES string of the molecule is CCCCCC1=C(C(C)C)[C]([Ti+3])=C([SiH2]c2c(C)c(C)c(C)c(C)c2C)C1.[Cl-].[Cl-].[Cl-]. The van der Waals surface area contributed by atoms with Gasteiger partial charge in [0.25, 0.3) is 0 Å². The van der Waals surface area contributed by atoms with E-state index in [1.54, 1.807) is 31.3 Å². The largest absolute Gasteiger partial charge is 1.00 e. The molecule has 0 saturated heterocycles. The van der Waals surface area contributed by atoms with E-state index in [1.807, 2.05) is 5.20 Å². The summed E-state index contributed by atoms with van der Waals surface area (Å²) in [5.41, 5.74) is 11.2. The second-order valence-corrected chi connectivity index (χ2v) is 11.3. The van der Waals surface area contributed by atoms with Crippen LogP contribution >= 0.6 is 0 Å². The van der Waals surface area contributed by atoms with Gasteiger partial charge in [0, 0.05) is 0 Å². The molecule has 29 heavy (non-hydrogen) atoms. The third kappa shape index (κ3) is 6.99. The summed E-state index contributed by atoms with van der Waals surface area (Å²) in [6, 6.07) is 0. The fraction of sp³-hybridized carbons (Fsp3) is 0.583. The Hall–Kier alpha value is 0.501. The minimum absolute atomic E-state index is 0. The van der Waals surface area contributed by atoms with Crippen molar-refractivity contribution in [2.45, 2.75) is 87.5 Å². The number of unbranched alkanes of at least 4 members (excludes halogenated alkanes) is 2. The summed E-state index contributed by atoms with van der Waals surface area (Å²) < 4.78 is 1.66. The average molecular weight is 508 g/mol. The van der Waals surface area contributed by atoms with Crippen molar-refractivity contribution < 1.29 is 57.7 Å². The van der Waals surface area contributed by atoms with Crippen molar-refractivity contribution in [3.63, 3.8) is 0 Å². The fourth-order valence-electron chi connectivity index (χ4n) is 4.52. The summed E-state index contributed by atoms with van der Waals surface area (Å²) in [4.78, 5) is 0. The van der Waals surface area contributed by atoms with Crippen LogP contribution in [-0.4, -0.2) is 9.52 Å². The van der Waals surface area contributed by atoms with Gasteiger partial charge in [0.2, 0.25) is 0 Å². The van der Waals surface area contributed by atoms with Crippen LogP contribution in [0.25, 0.3) is 0 Å². The third-order valence-electron chi connectivity index (χ3n) is 6.64. The van der Waals surface area contributed by atoms with Crippen LogP contribution in [0.3, 0.4) is 0 Å². The Bertz CT molecular complexity index is 735. The Morgan fingerprint density at radius 3 is 1.76 bits per heavy atom. The van der Waals surface area contributed by atoms with E-state index in [9.17, 15) is 0 Å². The molecule has 2 rings (SSSR count). The van der Waals surface area contributed by atoms with Crippen LogP contribution in [0.4, 0.5) is 0 Å². The van der Waals surface area contributed by atoms with Crippen molar-refractivity contribution in [1.29, 1.82) is 0 Å². The third-order valence-corrected chi connectivity index (χ3v) is 10.6. The first-order valence-electron chi connectivity index (χ1n) is 10.4. The zero-order valence-corrected chi connectivity index (χ0v) is 24.7. The van der Waals surface area contributed by atoms with Crippen molar-refractivity contribution in [2.75, 3.05) is 0 Å². The van der Waals surface area contributed by atoms with E-state index in [1.165, 1.54) is 48.8 Å². The maximum Gasteiger partial charge on any atom is -1.00 e. The molecule has 0 radical (unpaired) electrons. The molecule has 1 aromatic rings. The molecule has 0 fully saturated rings. The second kappa shape index (κ2) is 13.8. The molecule has 0 aliphatic heterocycles. The molecule has 1 aromatic carbocycles. The fourth-order valence-corrected chi connectivity index (χ4v) is 8.08. The van der Waals surface area contributed by atoms with Crippen LogP contribution in [0.2, 0.25) is 0 Å². The Balaban J connectivity index is 0. The van der Waals surface area contributed by atoms with Crippen LogP contribution in [-0.2, 0) is 20.4 Å². The summed E-state index contributed by atoms with van der Waals surface area (Å²) in [5.74, 6) is 0.668. The van der Waals surface area contributed by atoms with E-state index in [0.717, 1.165) is 0 Å². The summed E-state index contributed by atoms with van der Waals surface area (Å²) in [5, 5.41) is 3.53. The molecule has 1 aliphatic carbocycles. The molecule has 0 nitrogen and oxygen atoms in total. The molecule has 0 N–H and O–H groups in total. The predicted octanol–water partition coefficient (Wildman–Crippen LogP) is -3.27. The molecule has 1 aliphatic rings. The van der Waals surface area contributed by atoms with Gasteiger partial charge in [0.1, 0.15) is 0 Å². The number of hydrogen-bond acceptors (Lipinski definition) is 0. The molecule has 5 heteroatoms. The van der Waals surface area contributed by atoms with E-state index < -0.39 is 0 Å². The van der Waals surface area contributed by atoms with Crippen LogP contribution in [0.5, 0.6) is 0 Å². The van der Waals surface area contributed by atoms with E-state index in [4.69, 9.17) is 0 Å². The Labute approximate surface area is 212 Å². The minimum Gasteiger partial charge on any atom is -1.00 e. The summed E-state index contributed by atoms with van der Waals surface area (Å²) in [6.45, 7) is 18.7. The minimum atomic E-state index is -0.385. The number of allylic oxidation sites excluding steroid dienone is 4. The van der Waals surface area contributed by atoms with Crippen molar-refractivity contribution >= 4 is 14.7 Å². The van der Waals surface area contributed by atoms with Gasteiger partial charge in [-0.15, -0.1) is 0 Å². The normalized spacial score (nSPS) is 13.9. The van der Waals surface area contributed by atoms with Gasteiger partial charge in [-0.3, -0.25) is 0 Å². The van der Waals surface area contributed by atoms with Crippen LogP contribution < -0.4 is 42.4 Å². The van der Waals surface area contributed by atoms with E-state index in [2.05, 4.69) is 75.8 Å². The van der Waals surface area contributed by atoms with Gasteiger partial charge in [0.15, 0.2) is 0 Å². The topological polar surface area (TPSA) is 0 Å². The number of rotatable bonds is 7. The molecule has 0 spiro atoms. The molecule has 162 valence electrons. The standard InChI is InChI=1S/C24H37Si.3ClH.Ti/c1-9-10-11-12-21-13-22(14-23(21)15(2)3)25-24-19(7)17(5)16(4)18(6)20(24)8;;;;/h15H,9-13,25H2,1-8H3;3*1H;/q;;;;+3/p-3. The van der Waals surface area contributed by atoms with Crippen LogP contribution in [0.1, 0.15) is 80.7 Å². The number of hydrogen-bond donors (Lipinski definition) is 0. The van der Waals surface area contributed by atoms with Gasteiger partial charge in [0.05, 0.1) is 0 Å². The van der Waals surface area contributed by atoms with Gasteiger partial charge in [-0.2, -0.15) is 0 Å². The van der Waals surface area contributed by atoms with E-state index in [-0.39, 0.29) is 46.7 Å². The number of halogens is 3. The molecule has 0 saturated carbocycles. The molecule has 0 atom stereocenters. The van der Waals surface area contributed by atoms with Gasteiger partial charge in [-0.05, 0) is 0 Å². The van der Waals surface area contributed by atoms with Crippen molar-refractivity contribution in [1.82, 2.24) is 0 Å². The summed E-state index contributed by atoms with van der Waals surface area (Å²) >= 11 is 2.42. The molecule has 0 amide bonds. The molecule has 0 unspecified atom stereocenters. The van der Waals surface area contributed by atoms with Gasteiger partial charge in [-0.1, -0.05) is 0 Å². The molecule has 0 aromatic heterocycles. The average Bonchev–Trinajstić information content (AvgIpc) is 2.91. The second-order valence-electron chi connectivity index (χ2n) is 8.56. The quantitative estimate of drug-likeness (QED) is 0.268. The summed E-state index contributed by atoms with van der Waals surface area (Å²) in [6.07, 6.45) is 6.65. The first kappa shape index (κ1) is 31.7. The molecule has 0 heterocycles. The van der Waals surface area contributed by atoms with E-state index in [0.29, 0.717) is 5.92 Å². The Kier molecular flexibility index (Phi) is 15.1. The Morgan fingerprint density at radius 1 is 0.828 bits per heavy atom. The van der Waals surface area contributed by atoms with Crippen molar-refractivity contribution in [3.8, 4) is 0 Å². The molecular weight excluding hydrogens is 471 g/mol. The predicted molar refractivity (Wildman–Crippen MR) is 116 cm³/mol. The monoisotopic (exact) mass is 506 g/mol. The van der Waals surface area contributed by atoms with Gasteiger partial charge >= 0.3 is 177 Å². The van der Waals surface area contributed by atoms with Crippen molar-refractivity contribution in [3.05, 3.63) is 48.0 Å². The van der Waals surface area contributed by atoms with Crippen LogP contribution in [0, 0.1) is 40.5 Å². The Morgan fingerprint density at radius 2 is 1.31 bits per heavy atom.